The summed E-state index contributed by atoms with van der Waals surface area (Å²) in [6.45, 7) is 13.5. The van der Waals surface area contributed by atoms with Crippen molar-refractivity contribution < 1.29 is 0 Å². The van der Waals surface area contributed by atoms with Gasteiger partial charge in [0, 0.05) is 0 Å². The van der Waals surface area contributed by atoms with Crippen molar-refractivity contribution in [2.24, 2.45) is 86.8 Å². The van der Waals surface area contributed by atoms with Gasteiger partial charge in [0.2, 0.25) is 0 Å². The van der Waals surface area contributed by atoms with Crippen molar-refractivity contribution in [3.8, 4) is 0 Å². The second-order valence-electron chi connectivity index (χ2n) is 15.5. The molecule has 178 valence electrons. The van der Waals surface area contributed by atoms with Gasteiger partial charge in [-0.3, -0.25) is 0 Å². The molecule has 0 N–H and O–H groups in total. The summed E-state index contributed by atoms with van der Waals surface area (Å²) in [5.41, 5.74) is 2.93. The molecule has 9 fully saturated rings. The molecule has 0 saturated heterocycles. The molecule has 9 aliphatic rings. The van der Waals surface area contributed by atoms with Gasteiger partial charge in [0.25, 0.3) is 0 Å². The van der Waals surface area contributed by atoms with E-state index in [0.29, 0.717) is 5.41 Å². The van der Waals surface area contributed by atoms with E-state index in [0.717, 1.165) is 81.3 Å². The van der Waals surface area contributed by atoms with Gasteiger partial charge in [0.1, 0.15) is 0 Å². The van der Waals surface area contributed by atoms with Crippen LogP contribution in [0.25, 0.3) is 0 Å². The fourth-order valence-corrected chi connectivity index (χ4v) is 15.6. The minimum atomic E-state index is 0.643. The van der Waals surface area contributed by atoms with E-state index in [1.54, 1.807) is 57.8 Å². The first-order valence-electron chi connectivity index (χ1n) is 15.4. The normalized spacial score (nSPS) is 69.1. The maximum Gasteiger partial charge on any atom is -0.0193 e. The first-order valence-corrected chi connectivity index (χ1v) is 15.4. The van der Waals surface area contributed by atoms with Crippen LogP contribution in [0.5, 0.6) is 0 Å². The van der Waals surface area contributed by atoms with Crippen molar-refractivity contribution in [2.45, 2.75) is 112 Å². The Morgan fingerprint density at radius 1 is 0.750 bits per heavy atom. The predicted octanol–water partition coefficient (Wildman–Crippen LogP) is 8.60. The molecule has 0 aromatic rings. The Kier molecular flexibility index (Phi) is 3.70. The molecule has 0 radical (unpaired) electrons. The van der Waals surface area contributed by atoms with E-state index in [1.807, 2.05) is 0 Å². The summed E-state index contributed by atoms with van der Waals surface area (Å²) in [4.78, 5) is 0. The lowest BCUT2D eigenvalue weighted by atomic mass is 9.40. The van der Waals surface area contributed by atoms with Crippen LogP contribution in [0.3, 0.4) is 0 Å². The molecular formula is C32H50. The Balaban J connectivity index is 1.46. The Bertz CT molecular complexity index is 843. The second-order valence-corrected chi connectivity index (χ2v) is 15.5. The van der Waals surface area contributed by atoms with Crippen molar-refractivity contribution in [3.05, 3.63) is 0 Å². The van der Waals surface area contributed by atoms with Crippen LogP contribution >= 0.6 is 0 Å². The molecule has 32 heavy (non-hydrogen) atoms. The summed E-state index contributed by atoms with van der Waals surface area (Å²) in [6.07, 6.45) is 19.2. The summed E-state index contributed by atoms with van der Waals surface area (Å²) in [5, 5.41) is 0. The lowest BCUT2D eigenvalue weighted by Crippen LogP contribution is -2.59. The maximum absolute atomic E-state index is 2.93. The van der Waals surface area contributed by atoms with Gasteiger partial charge in [-0.25, -0.2) is 0 Å². The van der Waals surface area contributed by atoms with Gasteiger partial charge in [-0.05, 0) is 145 Å². The minimum Gasteiger partial charge on any atom is -0.0654 e. The van der Waals surface area contributed by atoms with Crippen LogP contribution in [0.15, 0.2) is 0 Å². The molecule has 0 amide bonds. The molecule has 0 heterocycles. The van der Waals surface area contributed by atoms with Gasteiger partial charge in [-0.15, -0.1) is 0 Å². The fourth-order valence-electron chi connectivity index (χ4n) is 15.6. The quantitative estimate of drug-likeness (QED) is 0.415. The largest absolute Gasteiger partial charge is 0.0654 e. The molecule has 15 atom stereocenters. The smallest absolute Gasteiger partial charge is 0.0193 e. The summed E-state index contributed by atoms with van der Waals surface area (Å²) in [7, 11) is 0. The van der Waals surface area contributed by atoms with Crippen molar-refractivity contribution in [1.29, 1.82) is 0 Å². The monoisotopic (exact) mass is 434 g/mol. The number of hydrogen-bond acceptors (Lipinski definition) is 0. The van der Waals surface area contributed by atoms with E-state index >= 15 is 0 Å². The van der Waals surface area contributed by atoms with Gasteiger partial charge in [-0.1, -0.05) is 53.9 Å². The van der Waals surface area contributed by atoms with E-state index in [1.165, 1.54) is 19.3 Å². The highest BCUT2D eigenvalue weighted by molar-refractivity contribution is 5.35. The van der Waals surface area contributed by atoms with Gasteiger partial charge in [0.05, 0.1) is 0 Å². The zero-order valence-corrected chi connectivity index (χ0v) is 21.8. The molecule has 0 aromatic heterocycles. The molecular weight excluding hydrogens is 384 g/mol. The van der Waals surface area contributed by atoms with E-state index in [2.05, 4.69) is 34.6 Å². The van der Waals surface area contributed by atoms with Gasteiger partial charge in [0.15, 0.2) is 0 Å². The van der Waals surface area contributed by atoms with Crippen LogP contribution in [0.4, 0.5) is 0 Å². The number of rotatable bonds is 4. The van der Waals surface area contributed by atoms with Crippen LogP contribution in [0.1, 0.15) is 112 Å². The third-order valence-electron chi connectivity index (χ3n) is 15.7. The fraction of sp³-hybridized carbons (Fsp3) is 1.00. The van der Waals surface area contributed by atoms with Crippen LogP contribution in [-0.2, 0) is 0 Å². The average molecular weight is 435 g/mol. The number of fused-ring (bicyclic) bond motifs is 2. The van der Waals surface area contributed by atoms with E-state index in [9.17, 15) is 0 Å². The van der Waals surface area contributed by atoms with E-state index < -0.39 is 0 Å². The Morgan fingerprint density at radius 3 is 2.25 bits per heavy atom. The molecule has 0 aliphatic heterocycles. The van der Waals surface area contributed by atoms with Crippen LogP contribution < -0.4 is 0 Å². The summed E-state index contributed by atoms with van der Waals surface area (Å²) < 4.78 is 0. The summed E-state index contributed by atoms with van der Waals surface area (Å²) >= 11 is 0. The molecule has 0 aromatic carbocycles. The van der Waals surface area contributed by atoms with Crippen LogP contribution in [0.2, 0.25) is 0 Å². The third kappa shape index (κ3) is 1.78. The van der Waals surface area contributed by atoms with Gasteiger partial charge >= 0.3 is 0 Å². The SMILES string of the molecule is CCCC12CC3C(CC)C4C5CCC(CC)C6(CC7(C)C(C)C3C3CCC3C71)CC6(C5)C42. The zero-order valence-electron chi connectivity index (χ0n) is 21.8. The first kappa shape index (κ1) is 20.2. The first-order chi connectivity index (χ1) is 15.4. The third-order valence-corrected chi connectivity index (χ3v) is 15.7. The standard InChI is InChI=1S/C32H50/c1-6-13-30-15-24-21(8-3)26-19-9-10-20(7-2)32(17-31(32,14-19)28(26)30)16-29(5)18(4)25(24)22-11-12-23(22)27(29)30/h18-28H,6-17H2,1-5H3. The summed E-state index contributed by atoms with van der Waals surface area (Å²) in [5.74, 6) is 12.0. The maximum atomic E-state index is 2.93. The molecule has 0 nitrogen and oxygen atoms in total. The summed E-state index contributed by atoms with van der Waals surface area (Å²) in [6, 6.07) is 0. The lowest BCUT2D eigenvalue weighted by molar-refractivity contribution is -0.167. The highest BCUT2D eigenvalue weighted by atomic mass is 14.9. The van der Waals surface area contributed by atoms with E-state index in [-0.39, 0.29) is 0 Å². The molecule has 9 aliphatic carbocycles. The Labute approximate surface area is 198 Å². The van der Waals surface area contributed by atoms with Crippen molar-refractivity contribution in [1.82, 2.24) is 0 Å². The highest BCUT2D eigenvalue weighted by Gasteiger charge is 2.87. The minimum absolute atomic E-state index is 0.643. The topological polar surface area (TPSA) is 0 Å². The number of hydrogen-bond donors (Lipinski definition) is 0. The molecule has 15 unspecified atom stereocenters. The van der Waals surface area contributed by atoms with Crippen molar-refractivity contribution in [3.63, 3.8) is 0 Å². The van der Waals surface area contributed by atoms with Crippen LogP contribution in [-0.4, -0.2) is 0 Å². The molecule has 0 heteroatoms. The van der Waals surface area contributed by atoms with Gasteiger partial charge in [-0.2, -0.15) is 0 Å². The van der Waals surface area contributed by atoms with Crippen molar-refractivity contribution in [2.75, 3.05) is 0 Å². The zero-order chi connectivity index (χ0) is 21.8. The van der Waals surface area contributed by atoms with Crippen LogP contribution in [0, 0.1) is 86.8 Å². The second kappa shape index (κ2) is 5.86. The molecule has 7 bridgehead atoms. The van der Waals surface area contributed by atoms with Crippen molar-refractivity contribution >= 4 is 0 Å². The predicted molar refractivity (Wildman–Crippen MR) is 132 cm³/mol. The Hall–Kier alpha value is 0. The molecule has 1 spiro atoms. The lowest BCUT2D eigenvalue weighted by Gasteiger charge is -2.65. The highest BCUT2D eigenvalue weighted by Crippen LogP contribution is 2.94. The Morgan fingerprint density at radius 2 is 1.56 bits per heavy atom. The van der Waals surface area contributed by atoms with Gasteiger partial charge < -0.3 is 0 Å². The average Bonchev–Trinajstić information content (AvgIpc) is 3.29. The molecule has 9 rings (SSSR count). The van der Waals surface area contributed by atoms with E-state index in [4.69, 9.17) is 0 Å². The molecule has 9 saturated carbocycles.